The van der Waals surface area contributed by atoms with Crippen LogP contribution in [-0.4, -0.2) is 18.5 Å². The molecule has 0 radical (unpaired) electrons. The molecule has 4 heteroatoms. The predicted octanol–water partition coefficient (Wildman–Crippen LogP) is 3.16. The fraction of sp³-hybridized carbons (Fsp3) is 0.533. The average molecular weight is 325 g/mol. The fourth-order valence-electron chi connectivity index (χ4n) is 2.49. The van der Waals surface area contributed by atoms with Gasteiger partial charge in [-0.1, -0.05) is 40.9 Å². The van der Waals surface area contributed by atoms with Crippen molar-refractivity contribution < 1.29 is 4.79 Å². The first-order valence-corrected chi connectivity index (χ1v) is 7.72. The molecule has 19 heavy (non-hydrogen) atoms. The van der Waals surface area contributed by atoms with Gasteiger partial charge in [-0.3, -0.25) is 4.79 Å². The molecular weight excluding hydrogens is 304 g/mol. The maximum atomic E-state index is 11.9. The predicted molar refractivity (Wildman–Crippen MR) is 81.0 cm³/mol. The molecule has 1 atom stereocenters. The van der Waals surface area contributed by atoms with Crippen LogP contribution in [0.15, 0.2) is 28.7 Å². The number of carbonyl (C=O) groups excluding carboxylic acids is 1. The largest absolute Gasteiger partial charge is 0.348 e. The van der Waals surface area contributed by atoms with Gasteiger partial charge >= 0.3 is 0 Å². The van der Waals surface area contributed by atoms with Crippen LogP contribution in [0, 0.1) is 0 Å². The van der Waals surface area contributed by atoms with Crippen molar-refractivity contribution in [3.63, 3.8) is 0 Å². The zero-order valence-electron chi connectivity index (χ0n) is 11.3. The highest BCUT2D eigenvalue weighted by Gasteiger charge is 2.16. The Morgan fingerprint density at radius 1 is 1.32 bits per heavy atom. The second-order valence-electron chi connectivity index (χ2n) is 5.20. The molecule has 104 valence electrons. The maximum Gasteiger partial charge on any atom is 0.234 e. The lowest BCUT2D eigenvalue weighted by Gasteiger charge is -2.16. The smallest absolute Gasteiger partial charge is 0.234 e. The summed E-state index contributed by atoms with van der Waals surface area (Å²) in [6.45, 7) is 2.43. The Labute approximate surface area is 123 Å². The monoisotopic (exact) mass is 324 g/mol. The first-order valence-electron chi connectivity index (χ1n) is 6.93. The molecule has 0 heterocycles. The normalized spacial score (nSPS) is 17.4. The second-order valence-corrected chi connectivity index (χ2v) is 6.12. The van der Waals surface area contributed by atoms with E-state index in [1.807, 2.05) is 31.2 Å². The van der Waals surface area contributed by atoms with Crippen LogP contribution >= 0.6 is 15.9 Å². The fourth-order valence-corrected chi connectivity index (χ4v) is 2.76. The Kier molecular flexibility index (Phi) is 5.40. The van der Waals surface area contributed by atoms with Crippen LogP contribution in [0.2, 0.25) is 0 Å². The van der Waals surface area contributed by atoms with Crippen molar-refractivity contribution in [2.24, 2.45) is 0 Å². The molecule has 1 saturated carbocycles. The maximum absolute atomic E-state index is 11.9. The molecule has 0 unspecified atom stereocenters. The van der Waals surface area contributed by atoms with E-state index < -0.39 is 0 Å². The van der Waals surface area contributed by atoms with Gasteiger partial charge in [0.05, 0.1) is 12.6 Å². The van der Waals surface area contributed by atoms with Crippen molar-refractivity contribution in [3.05, 3.63) is 34.3 Å². The minimum Gasteiger partial charge on any atom is -0.348 e. The third-order valence-corrected chi connectivity index (χ3v) is 4.18. The van der Waals surface area contributed by atoms with Crippen LogP contribution in [0.25, 0.3) is 0 Å². The van der Waals surface area contributed by atoms with Crippen LogP contribution in [0.4, 0.5) is 0 Å². The van der Waals surface area contributed by atoms with E-state index in [1.165, 1.54) is 25.7 Å². The first kappa shape index (κ1) is 14.5. The minimum atomic E-state index is 0.0472. The van der Waals surface area contributed by atoms with Crippen LogP contribution in [0.5, 0.6) is 0 Å². The number of amides is 1. The molecule has 1 aromatic carbocycles. The van der Waals surface area contributed by atoms with E-state index in [2.05, 4.69) is 26.6 Å². The molecule has 2 rings (SSSR count). The van der Waals surface area contributed by atoms with E-state index in [4.69, 9.17) is 0 Å². The van der Waals surface area contributed by atoms with E-state index in [0.29, 0.717) is 12.6 Å². The highest BCUT2D eigenvalue weighted by Crippen LogP contribution is 2.18. The molecule has 1 aliphatic carbocycles. The van der Waals surface area contributed by atoms with Crippen LogP contribution in [0.1, 0.15) is 44.2 Å². The Morgan fingerprint density at radius 2 is 1.95 bits per heavy atom. The zero-order chi connectivity index (χ0) is 13.7. The zero-order valence-corrected chi connectivity index (χ0v) is 12.9. The van der Waals surface area contributed by atoms with E-state index >= 15 is 0 Å². The number of nitrogens with one attached hydrogen (secondary N) is 2. The summed E-state index contributed by atoms with van der Waals surface area (Å²) in [5, 5.41) is 6.35. The molecule has 1 amide bonds. The lowest BCUT2D eigenvalue weighted by molar-refractivity contribution is -0.121. The van der Waals surface area contributed by atoms with Gasteiger partial charge in [0.15, 0.2) is 0 Å². The molecular formula is C15H21BrN2O. The SMILES string of the molecule is C[C@H](NC(=O)CNC1CCCC1)c1ccc(Br)cc1. The number of halogens is 1. The van der Waals surface area contributed by atoms with Crippen LogP contribution in [-0.2, 0) is 4.79 Å². The summed E-state index contributed by atoms with van der Waals surface area (Å²) in [5.74, 6) is 0.0716. The summed E-state index contributed by atoms with van der Waals surface area (Å²) in [7, 11) is 0. The van der Waals surface area contributed by atoms with Gasteiger partial charge in [-0.05, 0) is 37.5 Å². The van der Waals surface area contributed by atoms with E-state index in [0.717, 1.165) is 10.0 Å². The van der Waals surface area contributed by atoms with Gasteiger partial charge in [0.1, 0.15) is 0 Å². The Morgan fingerprint density at radius 3 is 2.58 bits per heavy atom. The quantitative estimate of drug-likeness (QED) is 0.873. The van der Waals surface area contributed by atoms with Crippen molar-refractivity contribution in [3.8, 4) is 0 Å². The van der Waals surface area contributed by atoms with Crippen molar-refractivity contribution in [1.82, 2.24) is 10.6 Å². The topological polar surface area (TPSA) is 41.1 Å². The van der Waals surface area contributed by atoms with Crippen molar-refractivity contribution >= 4 is 21.8 Å². The van der Waals surface area contributed by atoms with E-state index in [-0.39, 0.29) is 11.9 Å². The van der Waals surface area contributed by atoms with Crippen LogP contribution in [0.3, 0.4) is 0 Å². The van der Waals surface area contributed by atoms with Gasteiger partial charge in [-0.25, -0.2) is 0 Å². The highest BCUT2D eigenvalue weighted by molar-refractivity contribution is 9.10. The van der Waals surface area contributed by atoms with Crippen molar-refractivity contribution in [2.75, 3.05) is 6.54 Å². The average Bonchev–Trinajstić information content (AvgIpc) is 2.90. The third kappa shape index (κ3) is 4.62. The number of rotatable bonds is 5. The molecule has 0 bridgehead atoms. The summed E-state index contributed by atoms with van der Waals surface area (Å²) in [6, 6.07) is 8.63. The lowest BCUT2D eigenvalue weighted by Crippen LogP contribution is -2.39. The molecule has 3 nitrogen and oxygen atoms in total. The first-order chi connectivity index (χ1) is 9.15. The van der Waals surface area contributed by atoms with Gasteiger partial charge in [0.2, 0.25) is 5.91 Å². The Bertz CT molecular complexity index is 413. The highest BCUT2D eigenvalue weighted by atomic mass is 79.9. The van der Waals surface area contributed by atoms with Gasteiger partial charge in [-0.15, -0.1) is 0 Å². The number of benzene rings is 1. The standard InChI is InChI=1S/C15H21BrN2O/c1-11(12-6-8-13(16)9-7-12)18-15(19)10-17-14-4-2-3-5-14/h6-9,11,14,17H,2-5,10H2,1H3,(H,18,19)/t11-/m0/s1. The van der Waals surface area contributed by atoms with Crippen molar-refractivity contribution in [1.29, 1.82) is 0 Å². The molecule has 0 aliphatic heterocycles. The number of hydrogen-bond donors (Lipinski definition) is 2. The molecule has 0 aromatic heterocycles. The van der Waals surface area contributed by atoms with Gasteiger partial charge in [0, 0.05) is 10.5 Å². The molecule has 0 spiro atoms. The van der Waals surface area contributed by atoms with Gasteiger partial charge < -0.3 is 10.6 Å². The number of carbonyl (C=O) groups is 1. The minimum absolute atomic E-state index is 0.0472. The van der Waals surface area contributed by atoms with Gasteiger partial charge in [-0.2, -0.15) is 0 Å². The second kappa shape index (κ2) is 7.06. The molecule has 0 saturated heterocycles. The Hall–Kier alpha value is -0.870. The summed E-state index contributed by atoms with van der Waals surface area (Å²) < 4.78 is 1.05. The van der Waals surface area contributed by atoms with E-state index in [1.54, 1.807) is 0 Å². The van der Waals surface area contributed by atoms with Crippen molar-refractivity contribution in [2.45, 2.75) is 44.7 Å². The molecule has 1 aliphatic rings. The van der Waals surface area contributed by atoms with Gasteiger partial charge in [0.25, 0.3) is 0 Å². The summed E-state index contributed by atoms with van der Waals surface area (Å²) in [5.41, 5.74) is 1.12. The van der Waals surface area contributed by atoms with Crippen LogP contribution < -0.4 is 10.6 Å². The third-order valence-electron chi connectivity index (χ3n) is 3.65. The number of hydrogen-bond acceptors (Lipinski definition) is 2. The summed E-state index contributed by atoms with van der Waals surface area (Å²) in [6.07, 6.45) is 4.98. The molecule has 2 N–H and O–H groups in total. The van der Waals surface area contributed by atoms with E-state index in [9.17, 15) is 4.79 Å². The molecule has 1 fully saturated rings. The summed E-state index contributed by atoms with van der Waals surface area (Å²) in [4.78, 5) is 11.9. The Balaban J connectivity index is 1.76. The molecule has 1 aromatic rings. The summed E-state index contributed by atoms with van der Waals surface area (Å²) >= 11 is 3.41. The lowest BCUT2D eigenvalue weighted by atomic mass is 10.1.